The number of fused-ring (bicyclic) bond motifs is 2. The highest BCUT2D eigenvalue weighted by Crippen LogP contribution is 2.34. The van der Waals surface area contributed by atoms with Gasteiger partial charge in [-0.1, -0.05) is 24.3 Å². The highest BCUT2D eigenvalue weighted by molar-refractivity contribution is 7.11. The van der Waals surface area contributed by atoms with Gasteiger partial charge in [-0.2, -0.15) is 0 Å². The molecule has 0 saturated heterocycles. The van der Waals surface area contributed by atoms with Crippen LogP contribution in [0, 0.1) is 0 Å². The number of hydrogen-bond acceptors (Lipinski definition) is 3. The summed E-state index contributed by atoms with van der Waals surface area (Å²) in [4.78, 5) is 10.3. The summed E-state index contributed by atoms with van der Waals surface area (Å²) in [5.74, 6) is 0. The minimum Gasteiger partial charge on any atom is -0.234 e. The van der Waals surface area contributed by atoms with Crippen LogP contribution in [0.5, 0.6) is 0 Å². The molecule has 3 heteroatoms. The molecule has 1 aromatic carbocycles. The normalized spacial score (nSPS) is 18.0. The van der Waals surface area contributed by atoms with Crippen LogP contribution in [0.15, 0.2) is 45.7 Å². The van der Waals surface area contributed by atoms with E-state index in [9.17, 15) is 0 Å². The minimum absolute atomic E-state index is 0.955. The second-order valence-corrected chi connectivity index (χ2v) is 6.09. The Balaban J connectivity index is 1.85. The summed E-state index contributed by atoms with van der Waals surface area (Å²) in [6, 6.07) is 10.8. The number of rotatable bonds is 1. The van der Waals surface area contributed by atoms with Gasteiger partial charge in [0.25, 0.3) is 0 Å². The standard InChI is InChI=1S/C17H10N2S/c1-3-10-7-11(14-5-2-6-20-14)8-13-15(10)12(4-1)16-17(13)19-9-18-16/h1-7,9H,8H2. The topological polar surface area (TPSA) is 24.7 Å². The summed E-state index contributed by atoms with van der Waals surface area (Å²) in [6.07, 6.45) is 4.95. The molecule has 2 aliphatic carbocycles. The van der Waals surface area contributed by atoms with Gasteiger partial charge in [-0.3, -0.25) is 0 Å². The van der Waals surface area contributed by atoms with Crippen molar-refractivity contribution in [3.8, 4) is 0 Å². The first-order chi connectivity index (χ1) is 9.92. The van der Waals surface area contributed by atoms with E-state index in [1.54, 1.807) is 17.7 Å². The second-order valence-electron chi connectivity index (χ2n) is 5.14. The average molecular weight is 274 g/mol. The summed E-state index contributed by atoms with van der Waals surface area (Å²) in [5.41, 5.74) is 6.16. The number of allylic oxidation sites excluding steroid dienone is 1. The predicted octanol–water partition coefficient (Wildman–Crippen LogP) is 2.45. The van der Waals surface area contributed by atoms with Gasteiger partial charge >= 0.3 is 0 Å². The number of aliphatic imine (C=N–C) groups is 2. The zero-order chi connectivity index (χ0) is 13.1. The van der Waals surface area contributed by atoms with Crippen molar-refractivity contribution in [1.82, 2.24) is 0 Å². The monoisotopic (exact) mass is 274 g/mol. The van der Waals surface area contributed by atoms with Crippen molar-refractivity contribution in [3.05, 3.63) is 56.6 Å². The number of thiophene rings is 1. The first kappa shape index (κ1) is 10.5. The Morgan fingerprint density at radius 1 is 1.10 bits per heavy atom. The molecule has 2 heterocycles. The molecule has 3 aliphatic rings. The van der Waals surface area contributed by atoms with E-state index >= 15 is 0 Å². The lowest BCUT2D eigenvalue weighted by atomic mass is 9.92. The van der Waals surface area contributed by atoms with Crippen molar-refractivity contribution in [3.63, 3.8) is 0 Å². The van der Waals surface area contributed by atoms with E-state index in [4.69, 9.17) is 0 Å². The van der Waals surface area contributed by atoms with Crippen LogP contribution in [0.2, 0.25) is 0 Å². The van der Waals surface area contributed by atoms with Crippen LogP contribution in [0.1, 0.15) is 16.9 Å². The summed E-state index contributed by atoms with van der Waals surface area (Å²) in [7, 11) is 0. The van der Waals surface area contributed by atoms with Gasteiger partial charge in [-0.15, -0.1) is 11.3 Å². The van der Waals surface area contributed by atoms with Crippen LogP contribution in [0.25, 0.3) is 22.9 Å². The molecule has 0 unspecified atom stereocenters. The Hall–Kier alpha value is -2.26. The smallest absolute Gasteiger partial charge is 0.116 e. The van der Waals surface area contributed by atoms with Crippen LogP contribution in [0.3, 0.4) is 0 Å². The Kier molecular flexibility index (Phi) is 1.92. The SMILES string of the molecule is C1=NC2=c3cccc4c3=C(CC(c3cccs3)=C4)C2=N1. The summed E-state index contributed by atoms with van der Waals surface area (Å²) in [5, 5.41) is 4.72. The maximum absolute atomic E-state index is 4.48. The summed E-state index contributed by atoms with van der Waals surface area (Å²) >= 11 is 1.80. The molecule has 2 nitrogen and oxygen atoms in total. The van der Waals surface area contributed by atoms with E-state index in [1.165, 1.54) is 32.0 Å². The third kappa shape index (κ3) is 1.23. The first-order valence-electron chi connectivity index (χ1n) is 6.64. The number of hydrogen-bond donors (Lipinski definition) is 0. The largest absolute Gasteiger partial charge is 0.234 e. The fourth-order valence-electron chi connectivity index (χ4n) is 3.25. The molecule has 1 aliphatic heterocycles. The van der Waals surface area contributed by atoms with Gasteiger partial charge in [-0.25, -0.2) is 9.98 Å². The molecule has 0 fully saturated rings. The molecule has 0 atom stereocenters. The van der Waals surface area contributed by atoms with Gasteiger partial charge in [0.2, 0.25) is 0 Å². The molecule has 0 spiro atoms. The number of nitrogens with zero attached hydrogens (tertiary/aromatic N) is 2. The van der Waals surface area contributed by atoms with Crippen LogP contribution >= 0.6 is 11.3 Å². The molecular formula is C17H10N2S. The van der Waals surface area contributed by atoms with Crippen molar-refractivity contribution in [2.24, 2.45) is 9.98 Å². The highest BCUT2D eigenvalue weighted by atomic mass is 32.1. The minimum atomic E-state index is 0.955. The maximum Gasteiger partial charge on any atom is 0.116 e. The zero-order valence-corrected chi connectivity index (χ0v) is 11.4. The zero-order valence-electron chi connectivity index (χ0n) is 10.6. The van der Waals surface area contributed by atoms with E-state index < -0.39 is 0 Å². The van der Waals surface area contributed by atoms with Crippen molar-refractivity contribution >= 4 is 46.3 Å². The lowest BCUT2D eigenvalue weighted by Gasteiger charge is -2.13. The Bertz CT molecular complexity index is 957. The van der Waals surface area contributed by atoms with Crippen molar-refractivity contribution in [2.45, 2.75) is 6.42 Å². The van der Waals surface area contributed by atoms with Gasteiger partial charge in [0, 0.05) is 16.5 Å². The van der Waals surface area contributed by atoms with Crippen molar-refractivity contribution in [2.75, 3.05) is 0 Å². The van der Waals surface area contributed by atoms with Gasteiger partial charge in [0.1, 0.15) is 6.34 Å². The third-order valence-electron chi connectivity index (χ3n) is 4.07. The first-order valence-corrected chi connectivity index (χ1v) is 7.52. The Labute approximate surface area is 119 Å². The molecule has 0 amide bonds. The molecule has 0 saturated carbocycles. The van der Waals surface area contributed by atoms with E-state index in [-0.39, 0.29) is 0 Å². The van der Waals surface area contributed by atoms with Crippen LogP contribution in [-0.4, -0.2) is 12.1 Å². The lowest BCUT2D eigenvalue weighted by Crippen LogP contribution is -2.28. The molecule has 2 aromatic rings. The molecule has 0 bridgehead atoms. The van der Waals surface area contributed by atoms with Crippen molar-refractivity contribution in [1.29, 1.82) is 0 Å². The van der Waals surface area contributed by atoms with Crippen LogP contribution < -0.4 is 10.4 Å². The van der Waals surface area contributed by atoms with E-state index in [0.29, 0.717) is 0 Å². The summed E-state index contributed by atoms with van der Waals surface area (Å²) in [6.45, 7) is 0. The second kappa shape index (κ2) is 3.64. The van der Waals surface area contributed by atoms with Gasteiger partial charge in [0.15, 0.2) is 0 Å². The predicted molar refractivity (Wildman–Crippen MR) is 85.2 cm³/mol. The molecule has 0 radical (unpaired) electrons. The highest BCUT2D eigenvalue weighted by Gasteiger charge is 2.27. The average Bonchev–Trinajstić information content (AvgIpc) is 3.18. The van der Waals surface area contributed by atoms with Crippen LogP contribution in [-0.2, 0) is 0 Å². The maximum atomic E-state index is 4.48. The molecule has 94 valence electrons. The van der Waals surface area contributed by atoms with Gasteiger partial charge < -0.3 is 0 Å². The van der Waals surface area contributed by atoms with Gasteiger partial charge in [-0.05, 0) is 39.5 Å². The molecule has 5 rings (SSSR count). The lowest BCUT2D eigenvalue weighted by molar-refractivity contribution is 1.37. The molecule has 20 heavy (non-hydrogen) atoms. The van der Waals surface area contributed by atoms with Crippen LogP contribution in [0.4, 0.5) is 0 Å². The van der Waals surface area contributed by atoms with Gasteiger partial charge in [0.05, 0.1) is 11.4 Å². The Morgan fingerprint density at radius 3 is 3.00 bits per heavy atom. The van der Waals surface area contributed by atoms with Crippen molar-refractivity contribution < 1.29 is 0 Å². The fourth-order valence-corrected chi connectivity index (χ4v) is 3.99. The quantitative estimate of drug-likeness (QED) is 0.763. The fraction of sp³-hybridized carbons (Fsp3) is 0.0588. The van der Waals surface area contributed by atoms with E-state index in [0.717, 1.165) is 17.8 Å². The Morgan fingerprint density at radius 2 is 2.10 bits per heavy atom. The molecule has 0 N–H and O–H groups in total. The molecular weight excluding hydrogens is 264 g/mol. The molecule has 1 aromatic heterocycles. The van der Waals surface area contributed by atoms with E-state index in [2.05, 4.69) is 51.8 Å². The summed E-state index contributed by atoms with van der Waals surface area (Å²) < 4.78 is 0. The third-order valence-corrected chi connectivity index (χ3v) is 5.02. The number of benzene rings is 1. The van der Waals surface area contributed by atoms with E-state index in [1.807, 2.05) is 0 Å².